The third-order valence-corrected chi connectivity index (χ3v) is 4.71. The van der Waals surface area contributed by atoms with Gasteiger partial charge < -0.3 is 24.6 Å². The maximum Gasteiger partial charge on any atom is 0.416 e. The Bertz CT molecular complexity index is 1010. The number of nitrogens with zero attached hydrogens (tertiary/aromatic N) is 3. The van der Waals surface area contributed by atoms with Crippen LogP contribution in [0.25, 0.3) is 11.4 Å². The van der Waals surface area contributed by atoms with Crippen LogP contribution in [0.2, 0.25) is 0 Å². The van der Waals surface area contributed by atoms with Gasteiger partial charge >= 0.3 is 6.18 Å². The van der Waals surface area contributed by atoms with Crippen LogP contribution in [0.3, 0.4) is 0 Å². The second kappa shape index (κ2) is 11.4. The molecule has 176 valence electrons. The van der Waals surface area contributed by atoms with Crippen LogP contribution in [-0.4, -0.2) is 60.6 Å². The van der Waals surface area contributed by atoms with E-state index in [1.165, 1.54) is 12.1 Å². The van der Waals surface area contributed by atoms with Gasteiger partial charge in [0.1, 0.15) is 0 Å². The lowest BCUT2D eigenvalue weighted by molar-refractivity contribution is -0.137. The highest BCUT2D eigenvalue weighted by Gasteiger charge is 2.30. The molecule has 2 aromatic carbocycles. The Hall–Kier alpha value is -3.44. The number of hydrogen-bond donors (Lipinski definition) is 2. The number of carbonyl (C=O) groups excluding carboxylic acids is 1. The number of rotatable bonds is 5. The number of hydrogen-bond acceptors (Lipinski definition) is 7. The van der Waals surface area contributed by atoms with Crippen molar-refractivity contribution < 1.29 is 32.3 Å². The molecule has 0 atom stereocenters. The number of aromatic nitrogens is 2. The van der Waals surface area contributed by atoms with Crippen molar-refractivity contribution in [2.24, 2.45) is 0 Å². The third-order valence-electron chi connectivity index (χ3n) is 4.71. The smallest absolute Gasteiger partial charge is 0.395 e. The summed E-state index contributed by atoms with van der Waals surface area (Å²) in [5, 5.41) is 14.7. The highest BCUT2D eigenvalue weighted by Crippen LogP contribution is 2.31. The third kappa shape index (κ3) is 7.02. The summed E-state index contributed by atoms with van der Waals surface area (Å²) < 4.78 is 46.8. The average molecular weight is 464 g/mol. The zero-order chi connectivity index (χ0) is 23.7. The van der Waals surface area contributed by atoms with Gasteiger partial charge in [0.2, 0.25) is 12.2 Å². The Balaban J connectivity index is 0.000000189. The molecule has 0 unspecified atom stereocenters. The van der Waals surface area contributed by atoms with Crippen molar-refractivity contribution in [2.75, 3.05) is 44.4 Å². The standard InChI is InChI=1S/C13H18N2O3.C9H5F3N2O/c16-8-5-14-13(17)11-1-3-12(4-2-11)15-6-9-18-10-7-15;10-9(11,12)7-3-1-2-6(4-7)8-13-5-15-14-8/h1-4,16H,5-10H2,(H,14,17);1-5H. The molecule has 3 aromatic rings. The molecule has 1 fully saturated rings. The molecule has 1 aliphatic heterocycles. The molecule has 4 rings (SSSR count). The van der Waals surface area contributed by atoms with E-state index >= 15 is 0 Å². The predicted octanol–water partition coefficient (Wildman–Crippen LogP) is 3.00. The number of aliphatic hydroxyl groups excluding tert-OH is 1. The summed E-state index contributed by atoms with van der Waals surface area (Å²) in [4.78, 5) is 17.5. The van der Waals surface area contributed by atoms with Gasteiger partial charge in [-0.3, -0.25) is 4.79 Å². The second-order valence-corrected chi connectivity index (χ2v) is 6.96. The summed E-state index contributed by atoms with van der Waals surface area (Å²) >= 11 is 0. The molecule has 1 aromatic heterocycles. The normalized spacial score (nSPS) is 13.8. The van der Waals surface area contributed by atoms with E-state index < -0.39 is 11.7 Å². The van der Waals surface area contributed by atoms with Crippen LogP contribution < -0.4 is 10.2 Å². The van der Waals surface area contributed by atoms with Gasteiger partial charge in [0.25, 0.3) is 5.91 Å². The number of benzene rings is 2. The number of nitrogens with one attached hydrogen (secondary N) is 1. The van der Waals surface area contributed by atoms with E-state index in [1.807, 2.05) is 12.1 Å². The Kier molecular flexibility index (Phi) is 8.39. The summed E-state index contributed by atoms with van der Waals surface area (Å²) in [7, 11) is 0. The van der Waals surface area contributed by atoms with Gasteiger partial charge in [0, 0.05) is 36.4 Å². The Morgan fingerprint density at radius 3 is 2.45 bits per heavy atom. The van der Waals surface area contributed by atoms with Crippen molar-refractivity contribution in [3.8, 4) is 11.4 Å². The maximum atomic E-state index is 12.3. The molecule has 1 aliphatic rings. The highest BCUT2D eigenvalue weighted by molar-refractivity contribution is 5.94. The Morgan fingerprint density at radius 2 is 1.85 bits per heavy atom. The lowest BCUT2D eigenvalue weighted by atomic mass is 10.1. The zero-order valence-electron chi connectivity index (χ0n) is 17.6. The first-order chi connectivity index (χ1) is 15.9. The molecule has 33 heavy (non-hydrogen) atoms. The molecule has 8 nitrogen and oxygen atoms in total. The summed E-state index contributed by atoms with van der Waals surface area (Å²) in [5.74, 6) is -0.0151. The van der Waals surface area contributed by atoms with Crippen molar-refractivity contribution in [3.63, 3.8) is 0 Å². The highest BCUT2D eigenvalue weighted by atomic mass is 19.4. The van der Waals surface area contributed by atoms with Crippen LogP contribution in [0, 0.1) is 0 Å². The number of morpholine rings is 1. The molecule has 1 amide bonds. The van der Waals surface area contributed by atoms with Crippen molar-refractivity contribution in [1.82, 2.24) is 15.5 Å². The molecule has 1 saturated heterocycles. The molecular formula is C22H23F3N4O4. The fourth-order valence-electron chi connectivity index (χ4n) is 3.05. The van der Waals surface area contributed by atoms with E-state index in [0.717, 1.165) is 50.5 Å². The molecule has 2 heterocycles. The number of ether oxygens (including phenoxy) is 1. The summed E-state index contributed by atoms with van der Waals surface area (Å²) in [5.41, 5.74) is 1.26. The van der Waals surface area contributed by atoms with E-state index in [0.29, 0.717) is 5.56 Å². The van der Waals surface area contributed by atoms with Gasteiger partial charge in [-0.25, -0.2) is 0 Å². The van der Waals surface area contributed by atoms with E-state index in [-0.39, 0.29) is 30.4 Å². The molecule has 0 radical (unpaired) electrons. The summed E-state index contributed by atoms with van der Waals surface area (Å²) in [6.45, 7) is 3.51. The van der Waals surface area contributed by atoms with Crippen LogP contribution in [0.5, 0.6) is 0 Å². The quantitative estimate of drug-likeness (QED) is 0.599. The predicted molar refractivity (Wildman–Crippen MR) is 114 cm³/mol. The van der Waals surface area contributed by atoms with Crippen molar-refractivity contribution in [2.45, 2.75) is 6.18 Å². The Labute approximate surface area is 188 Å². The number of anilines is 1. The molecular weight excluding hydrogens is 441 g/mol. The topological polar surface area (TPSA) is 101 Å². The van der Waals surface area contributed by atoms with Crippen LogP contribution in [0.15, 0.2) is 59.4 Å². The van der Waals surface area contributed by atoms with Gasteiger partial charge in [-0.2, -0.15) is 18.2 Å². The monoisotopic (exact) mass is 464 g/mol. The van der Waals surface area contributed by atoms with E-state index in [2.05, 4.69) is 24.9 Å². The SMILES string of the molecule is FC(F)(F)c1cccc(-c2ncon2)c1.O=C(NCCO)c1ccc(N2CCOCC2)cc1. The average Bonchev–Trinajstić information content (AvgIpc) is 3.38. The van der Waals surface area contributed by atoms with Crippen molar-refractivity contribution in [3.05, 3.63) is 66.1 Å². The molecule has 2 N–H and O–H groups in total. The summed E-state index contributed by atoms with van der Waals surface area (Å²) in [6, 6.07) is 12.2. The molecule has 0 spiro atoms. The number of aliphatic hydroxyl groups is 1. The van der Waals surface area contributed by atoms with E-state index in [4.69, 9.17) is 9.84 Å². The van der Waals surface area contributed by atoms with Gasteiger partial charge in [0.15, 0.2) is 0 Å². The largest absolute Gasteiger partial charge is 0.416 e. The zero-order valence-corrected chi connectivity index (χ0v) is 17.6. The van der Waals surface area contributed by atoms with Gasteiger partial charge in [-0.1, -0.05) is 17.3 Å². The first-order valence-corrected chi connectivity index (χ1v) is 10.1. The number of alkyl halides is 3. The molecule has 0 saturated carbocycles. The fourth-order valence-corrected chi connectivity index (χ4v) is 3.05. The lowest BCUT2D eigenvalue weighted by Gasteiger charge is -2.28. The first kappa shape index (κ1) is 24.2. The van der Waals surface area contributed by atoms with E-state index in [9.17, 15) is 18.0 Å². The minimum Gasteiger partial charge on any atom is -0.395 e. The van der Waals surface area contributed by atoms with Crippen LogP contribution >= 0.6 is 0 Å². The molecule has 0 bridgehead atoms. The minimum atomic E-state index is -4.36. The first-order valence-electron chi connectivity index (χ1n) is 10.1. The Morgan fingerprint density at radius 1 is 1.12 bits per heavy atom. The lowest BCUT2D eigenvalue weighted by Crippen LogP contribution is -2.36. The molecule has 11 heteroatoms. The van der Waals surface area contributed by atoms with Crippen LogP contribution in [0.4, 0.5) is 18.9 Å². The van der Waals surface area contributed by atoms with Gasteiger partial charge in [-0.05, 0) is 36.4 Å². The van der Waals surface area contributed by atoms with Gasteiger partial charge in [-0.15, -0.1) is 0 Å². The number of halogens is 3. The second-order valence-electron chi connectivity index (χ2n) is 6.96. The maximum absolute atomic E-state index is 12.3. The van der Waals surface area contributed by atoms with E-state index in [1.54, 1.807) is 12.1 Å². The number of amides is 1. The van der Waals surface area contributed by atoms with Crippen LogP contribution in [0.1, 0.15) is 15.9 Å². The fraction of sp³-hybridized carbons (Fsp3) is 0.318. The molecule has 0 aliphatic carbocycles. The van der Waals surface area contributed by atoms with Crippen molar-refractivity contribution in [1.29, 1.82) is 0 Å². The van der Waals surface area contributed by atoms with Crippen LogP contribution in [-0.2, 0) is 10.9 Å². The number of carbonyl (C=O) groups is 1. The minimum absolute atomic E-state index is 0.0440. The van der Waals surface area contributed by atoms with Crippen molar-refractivity contribution >= 4 is 11.6 Å². The van der Waals surface area contributed by atoms with Gasteiger partial charge in [0.05, 0.1) is 25.4 Å². The summed E-state index contributed by atoms with van der Waals surface area (Å²) in [6.07, 6.45) is -3.30.